The van der Waals surface area contributed by atoms with E-state index in [9.17, 15) is 4.79 Å². The molecule has 0 radical (unpaired) electrons. The average molecular weight is 445 g/mol. The van der Waals surface area contributed by atoms with E-state index in [4.69, 9.17) is 27.1 Å². The standard InChI is InChI=1S/C22H29ClN6O2/c1-2-25-22(27-12-9-16-5-7-18(8-6-16)31-15-20(24)30)28-17-10-13-29(14-17)21-19(23)4-3-11-26-21/h3-8,11,17H,2,9-10,12-15H2,1H3,(H2,24,30)(H2,25,27,28). The Morgan fingerprint density at radius 1 is 1.35 bits per heavy atom. The highest BCUT2D eigenvalue weighted by atomic mass is 35.5. The van der Waals surface area contributed by atoms with Gasteiger partial charge in [-0.05, 0) is 49.6 Å². The van der Waals surface area contributed by atoms with Gasteiger partial charge in [-0.3, -0.25) is 9.79 Å². The SMILES string of the molecule is CCNC(=NCCc1ccc(OCC(N)=O)cc1)NC1CCN(c2ncccc2Cl)C1. The predicted molar refractivity (Wildman–Crippen MR) is 124 cm³/mol. The smallest absolute Gasteiger partial charge is 0.255 e. The fourth-order valence-corrected chi connectivity index (χ4v) is 3.64. The zero-order valence-corrected chi connectivity index (χ0v) is 18.4. The van der Waals surface area contributed by atoms with Gasteiger partial charge < -0.3 is 26.0 Å². The van der Waals surface area contributed by atoms with Crippen molar-refractivity contribution in [1.29, 1.82) is 0 Å². The molecular weight excluding hydrogens is 416 g/mol. The lowest BCUT2D eigenvalue weighted by Gasteiger charge is -2.20. The number of nitrogens with two attached hydrogens (primary N) is 1. The van der Waals surface area contributed by atoms with Crippen LogP contribution in [-0.4, -0.2) is 55.7 Å². The van der Waals surface area contributed by atoms with Crippen LogP contribution in [0.25, 0.3) is 0 Å². The number of hydrogen-bond acceptors (Lipinski definition) is 5. The maximum atomic E-state index is 10.8. The molecule has 31 heavy (non-hydrogen) atoms. The monoisotopic (exact) mass is 444 g/mol. The molecule has 1 amide bonds. The van der Waals surface area contributed by atoms with Crippen molar-refractivity contribution in [3.05, 3.63) is 53.2 Å². The summed E-state index contributed by atoms with van der Waals surface area (Å²) in [6.45, 7) is 5.11. The number of anilines is 1. The molecule has 8 nitrogen and oxygen atoms in total. The molecule has 0 saturated carbocycles. The van der Waals surface area contributed by atoms with Crippen LogP contribution in [0.1, 0.15) is 18.9 Å². The lowest BCUT2D eigenvalue weighted by atomic mass is 10.1. The van der Waals surface area contributed by atoms with Crippen molar-refractivity contribution < 1.29 is 9.53 Å². The number of benzene rings is 1. The molecule has 9 heteroatoms. The van der Waals surface area contributed by atoms with Crippen molar-refractivity contribution in [2.24, 2.45) is 10.7 Å². The zero-order valence-electron chi connectivity index (χ0n) is 17.7. The minimum absolute atomic E-state index is 0.119. The normalized spacial score (nSPS) is 16.3. The summed E-state index contributed by atoms with van der Waals surface area (Å²) in [5.41, 5.74) is 6.23. The number of nitrogens with zero attached hydrogens (tertiary/aromatic N) is 3. The van der Waals surface area contributed by atoms with Crippen LogP contribution in [0.15, 0.2) is 47.6 Å². The van der Waals surface area contributed by atoms with E-state index in [1.54, 1.807) is 6.20 Å². The summed E-state index contributed by atoms with van der Waals surface area (Å²) in [6, 6.07) is 11.6. The van der Waals surface area contributed by atoms with Crippen molar-refractivity contribution in [1.82, 2.24) is 15.6 Å². The second-order valence-corrected chi connectivity index (χ2v) is 7.70. The second kappa shape index (κ2) is 11.4. The van der Waals surface area contributed by atoms with Gasteiger partial charge in [-0.25, -0.2) is 4.98 Å². The topological polar surface area (TPSA) is 105 Å². The molecule has 0 spiro atoms. The van der Waals surface area contributed by atoms with Gasteiger partial charge in [0.1, 0.15) is 11.6 Å². The fraction of sp³-hybridized carbons (Fsp3) is 0.409. The Labute approximate surface area is 187 Å². The predicted octanol–water partition coefficient (Wildman–Crippen LogP) is 1.98. The first-order valence-corrected chi connectivity index (χ1v) is 10.8. The first-order valence-electron chi connectivity index (χ1n) is 10.5. The Morgan fingerprint density at radius 3 is 2.87 bits per heavy atom. The van der Waals surface area contributed by atoms with Gasteiger partial charge in [0.15, 0.2) is 12.6 Å². The number of halogens is 1. The van der Waals surface area contributed by atoms with E-state index in [0.717, 1.165) is 49.8 Å². The number of aromatic nitrogens is 1. The molecule has 1 aromatic carbocycles. The summed E-state index contributed by atoms with van der Waals surface area (Å²) in [5.74, 6) is 1.77. The van der Waals surface area contributed by atoms with Crippen molar-refractivity contribution in [2.75, 3.05) is 37.7 Å². The lowest BCUT2D eigenvalue weighted by molar-refractivity contribution is -0.119. The molecule has 166 valence electrons. The van der Waals surface area contributed by atoms with E-state index in [1.807, 2.05) is 36.4 Å². The highest BCUT2D eigenvalue weighted by Crippen LogP contribution is 2.25. The Kier molecular flexibility index (Phi) is 8.35. The van der Waals surface area contributed by atoms with Crippen molar-refractivity contribution in [3.8, 4) is 5.75 Å². The second-order valence-electron chi connectivity index (χ2n) is 7.29. The maximum absolute atomic E-state index is 10.8. The van der Waals surface area contributed by atoms with Gasteiger partial charge in [0.05, 0.1) is 5.02 Å². The number of aliphatic imine (C=N–C) groups is 1. The van der Waals surface area contributed by atoms with Crippen molar-refractivity contribution in [3.63, 3.8) is 0 Å². The van der Waals surface area contributed by atoms with Crippen LogP contribution in [0, 0.1) is 0 Å². The molecule has 1 atom stereocenters. The molecule has 1 aliphatic rings. The summed E-state index contributed by atoms with van der Waals surface area (Å²) in [5, 5.41) is 7.51. The van der Waals surface area contributed by atoms with Crippen LogP contribution in [0.3, 0.4) is 0 Å². The van der Waals surface area contributed by atoms with E-state index < -0.39 is 5.91 Å². The summed E-state index contributed by atoms with van der Waals surface area (Å²) in [6.07, 6.45) is 3.56. The number of pyridine rings is 1. The van der Waals surface area contributed by atoms with Crippen molar-refractivity contribution in [2.45, 2.75) is 25.8 Å². The largest absolute Gasteiger partial charge is 0.484 e. The van der Waals surface area contributed by atoms with Crippen LogP contribution in [0.2, 0.25) is 5.02 Å². The fourth-order valence-electron chi connectivity index (χ4n) is 3.40. The Hall–Kier alpha value is -3.00. The summed E-state index contributed by atoms with van der Waals surface area (Å²) >= 11 is 6.29. The van der Waals surface area contributed by atoms with Crippen LogP contribution >= 0.6 is 11.6 Å². The molecule has 1 aliphatic heterocycles. The van der Waals surface area contributed by atoms with Gasteiger partial charge in [0.25, 0.3) is 5.91 Å². The third-order valence-corrected chi connectivity index (χ3v) is 5.18. The number of carbonyl (C=O) groups is 1. The molecule has 0 aliphatic carbocycles. The van der Waals surface area contributed by atoms with Gasteiger partial charge in [0.2, 0.25) is 0 Å². The molecule has 1 aromatic heterocycles. The third-order valence-electron chi connectivity index (χ3n) is 4.89. The van der Waals surface area contributed by atoms with E-state index in [-0.39, 0.29) is 12.6 Å². The van der Waals surface area contributed by atoms with Gasteiger partial charge in [0, 0.05) is 38.4 Å². The molecule has 1 unspecified atom stereocenters. The average Bonchev–Trinajstić information content (AvgIpc) is 3.22. The van der Waals surface area contributed by atoms with E-state index in [0.29, 0.717) is 17.3 Å². The molecule has 1 saturated heterocycles. The van der Waals surface area contributed by atoms with Gasteiger partial charge in [-0.15, -0.1) is 0 Å². The van der Waals surface area contributed by atoms with Gasteiger partial charge in [-0.1, -0.05) is 23.7 Å². The third kappa shape index (κ3) is 7.03. The number of primary amides is 1. The van der Waals surface area contributed by atoms with E-state index in [1.165, 1.54) is 0 Å². The Morgan fingerprint density at radius 2 is 2.16 bits per heavy atom. The lowest BCUT2D eigenvalue weighted by Crippen LogP contribution is -2.44. The minimum Gasteiger partial charge on any atom is -0.484 e. The van der Waals surface area contributed by atoms with Gasteiger partial charge >= 0.3 is 0 Å². The molecule has 1 fully saturated rings. The van der Waals surface area contributed by atoms with E-state index >= 15 is 0 Å². The summed E-state index contributed by atoms with van der Waals surface area (Å²) < 4.78 is 5.28. The van der Waals surface area contributed by atoms with Crippen LogP contribution in [-0.2, 0) is 11.2 Å². The Balaban J connectivity index is 1.50. The number of carbonyl (C=O) groups excluding carboxylic acids is 1. The number of ether oxygens (including phenoxy) is 1. The number of nitrogens with one attached hydrogen (secondary N) is 2. The molecule has 0 bridgehead atoms. The maximum Gasteiger partial charge on any atom is 0.255 e. The first kappa shape index (κ1) is 22.7. The molecule has 2 heterocycles. The number of guanidine groups is 1. The van der Waals surface area contributed by atoms with Gasteiger partial charge in [-0.2, -0.15) is 0 Å². The van der Waals surface area contributed by atoms with Crippen LogP contribution in [0.4, 0.5) is 5.82 Å². The molecule has 3 rings (SSSR count). The number of hydrogen-bond donors (Lipinski definition) is 3. The number of amides is 1. The highest BCUT2D eigenvalue weighted by molar-refractivity contribution is 6.32. The zero-order chi connectivity index (χ0) is 22.1. The quantitative estimate of drug-likeness (QED) is 0.403. The highest BCUT2D eigenvalue weighted by Gasteiger charge is 2.25. The number of rotatable bonds is 9. The molecule has 2 aromatic rings. The Bertz CT molecular complexity index is 890. The minimum atomic E-state index is -0.490. The molecule has 4 N–H and O–H groups in total. The van der Waals surface area contributed by atoms with Crippen LogP contribution < -0.4 is 26.0 Å². The first-order chi connectivity index (χ1) is 15.0. The summed E-state index contributed by atoms with van der Waals surface area (Å²) in [4.78, 5) is 22.1. The van der Waals surface area contributed by atoms with Crippen LogP contribution in [0.5, 0.6) is 5.75 Å². The summed E-state index contributed by atoms with van der Waals surface area (Å²) in [7, 11) is 0. The van der Waals surface area contributed by atoms with Crippen molar-refractivity contribution >= 4 is 29.3 Å². The molecular formula is C22H29ClN6O2. The van der Waals surface area contributed by atoms with E-state index in [2.05, 4.69) is 27.4 Å².